The quantitative estimate of drug-likeness (QED) is 0.344. The van der Waals surface area contributed by atoms with Gasteiger partial charge in [0.05, 0.1) is 6.61 Å². The minimum atomic E-state index is -0.394. The van der Waals surface area contributed by atoms with E-state index in [-0.39, 0.29) is 22.4 Å². The summed E-state index contributed by atoms with van der Waals surface area (Å²) < 4.78 is 13.2. The van der Waals surface area contributed by atoms with Crippen molar-refractivity contribution in [2.75, 3.05) is 13.7 Å². The Morgan fingerprint density at radius 2 is 1.44 bits per heavy atom. The Kier molecular flexibility index (Phi) is 7.30. The maximum Gasteiger partial charge on any atom is 0.162 e. The molecule has 0 saturated heterocycles. The lowest BCUT2D eigenvalue weighted by Gasteiger charge is -2.47. The van der Waals surface area contributed by atoms with Crippen LogP contribution >= 0.6 is 15.9 Å². The summed E-state index contributed by atoms with van der Waals surface area (Å²) in [5.41, 5.74) is 5.34. The molecular formula is C33H38BrNO4. The fourth-order valence-electron chi connectivity index (χ4n) is 6.36. The number of benzene rings is 2. The van der Waals surface area contributed by atoms with Crippen LogP contribution in [-0.4, -0.2) is 30.1 Å². The maximum atomic E-state index is 13.8. The lowest BCUT2D eigenvalue weighted by atomic mass is 9.64. The zero-order valence-electron chi connectivity index (χ0n) is 23.8. The average Bonchev–Trinajstić information content (AvgIpc) is 2.84. The van der Waals surface area contributed by atoms with Gasteiger partial charge < -0.3 is 14.4 Å². The highest BCUT2D eigenvalue weighted by atomic mass is 79.9. The van der Waals surface area contributed by atoms with Gasteiger partial charge in [0, 0.05) is 58.4 Å². The number of ketones is 2. The summed E-state index contributed by atoms with van der Waals surface area (Å²) in [5, 5.41) is 0. The van der Waals surface area contributed by atoms with Crippen LogP contribution < -0.4 is 9.47 Å². The summed E-state index contributed by atoms with van der Waals surface area (Å²) in [7, 11) is 2.04. The van der Waals surface area contributed by atoms with Crippen molar-refractivity contribution in [3.05, 3.63) is 80.6 Å². The molecule has 0 atom stereocenters. The van der Waals surface area contributed by atoms with E-state index in [0.717, 1.165) is 51.0 Å². The summed E-state index contributed by atoms with van der Waals surface area (Å²) in [5.74, 6) is 1.14. The van der Waals surface area contributed by atoms with E-state index in [0.29, 0.717) is 37.6 Å². The van der Waals surface area contributed by atoms with E-state index in [2.05, 4.69) is 48.5 Å². The smallest absolute Gasteiger partial charge is 0.162 e. The first-order valence-corrected chi connectivity index (χ1v) is 14.6. The predicted octanol–water partition coefficient (Wildman–Crippen LogP) is 7.74. The van der Waals surface area contributed by atoms with Crippen LogP contribution in [0.3, 0.4) is 0 Å². The third-order valence-corrected chi connectivity index (χ3v) is 8.90. The van der Waals surface area contributed by atoms with Crippen molar-refractivity contribution in [3.8, 4) is 11.5 Å². The summed E-state index contributed by atoms with van der Waals surface area (Å²) >= 11 is 3.59. The fourth-order valence-corrected chi connectivity index (χ4v) is 6.76. The van der Waals surface area contributed by atoms with Gasteiger partial charge in [-0.05, 0) is 54.4 Å². The topological polar surface area (TPSA) is 55.8 Å². The van der Waals surface area contributed by atoms with Gasteiger partial charge in [0.25, 0.3) is 0 Å². The normalized spacial score (nSPS) is 20.6. The Morgan fingerprint density at radius 3 is 2.00 bits per heavy atom. The number of carbonyl (C=O) groups excluding carboxylic acids is 2. The molecule has 1 heterocycles. The van der Waals surface area contributed by atoms with E-state index in [9.17, 15) is 9.59 Å². The van der Waals surface area contributed by atoms with Crippen LogP contribution in [0, 0.1) is 10.8 Å². The van der Waals surface area contributed by atoms with Gasteiger partial charge in [-0.1, -0.05) is 67.9 Å². The lowest BCUT2D eigenvalue weighted by molar-refractivity contribution is -0.119. The Morgan fingerprint density at radius 1 is 0.846 bits per heavy atom. The number of halogens is 1. The highest BCUT2D eigenvalue weighted by Crippen LogP contribution is 2.54. The minimum Gasteiger partial charge on any atom is -0.490 e. The Hall–Kier alpha value is -2.86. The van der Waals surface area contributed by atoms with Crippen molar-refractivity contribution >= 4 is 27.5 Å². The largest absolute Gasteiger partial charge is 0.490 e. The number of Topliss-reactive ketones (excluding diaryl/α,β-unsaturated/α-hetero) is 2. The molecule has 206 valence electrons. The molecule has 0 unspecified atom stereocenters. The lowest BCUT2D eigenvalue weighted by Crippen LogP contribution is -2.43. The Bertz CT molecular complexity index is 1350. The molecule has 6 heteroatoms. The molecule has 0 amide bonds. The van der Waals surface area contributed by atoms with Crippen molar-refractivity contribution in [1.82, 2.24) is 4.90 Å². The van der Waals surface area contributed by atoms with Crippen molar-refractivity contribution in [2.45, 2.75) is 72.8 Å². The van der Waals surface area contributed by atoms with E-state index in [1.807, 2.05) is 56.4 Å². The average molecular weight is 593 g/mol. The van der Waals surface area contributed by atoms with Crippen LogP contribution in [0.15, 0.2) is 69.5 Å². The summed E-state index contributed by atoms with van der Waals surface area (Å²) in [6.07, 6.45) is 2.56. The molecular weight excluding hydrogens is 554 g/mol. The van der Waals surface area contributed by atoms with E-state index in [1.165, 1.54) is 0 Å². The zero-order chi connectivity index (χ0) is 28.1. The third kappa shape index (κ3) is 5.32. The van der Waals surface area contributed by atoms with E-state index in [1.54, 1.807) is 0 Å². The van der Waals surface area contributed by atoms with Gasteiger partial charge in [-0.25, -0.2) is 0 Å². The van der Waals surface area contributed by atoms with Gasteiger partial charge in [-0.2, -0.15) is 0 Å². The molecule has 3 aliphatic rings. The number of rotatable bonds is 6. The van der Waals surface area contributed by atoms with Gasteiger partial charge in [-0.3, -0.25) is 9.59 Å². The molecule has 2 aromatic rings. The van der Waals surface area contributed by atoms with Crippen LogP contribution in [0.1, 0.15) is 77.3 Å². The molecule has 0 spiro atoms. The predicted molar refractivity (Wildman–Crippen MR) is 157 cm³/mol. The molecule has 2 aromatic carbocycles. The molecule has 0 aromatic heterocycles. The zero-order valence-corrected chi connectivity index (χ0v) is 25.4. The SMILES string of the molecule is CCOc1cc(C2C3=C(CC(C)(C)CC3=O)N(C)C3=C2C(=O)CC(C)(C)C3)ccc1OCc1ccccc1Br. The Labute approximate surface area is 240 Å². The van der Waals surface area contributed by atoms with Crippen LogP contribution in [0.2, 0.25) is 0 Å². The second kappa shape index (κ2) is 10.3. The first kappa shape index (κ1) is 27.7. The Balaban J connectivity index is 1.61. The molecule has 39 heavy (non-hydrogen) atoms. The van der Waals surface area contributed by atoms with E-state index in [4.69, 9.17) is 9.47 Å². The minimum absolute atomic E-state index is 0.124. The molecule has 0 N–H and O–H groups in total. The molecule has 0 saturated carbocycles. The molecule has 0 bridgehead atoms. The van der Waals surface area contributed by atoms with Gasteiger partial charge in [-0.15, -0.1) is 0 Å². The van der Waals surface area contributed by atoms with Gasteiger partial charge in [0.2, 0.25) is 0 Å². The number of hydrogen-bond acceptors (Lipinski definition) is 5. The molecule has 0 fully saturated rings. The number of allylic oxidation sites excluding steroid dienone is 4. The molecule has 2 aliphatic carbocycles. The van der Waals surface area contributed by atoms with E-state index >= 15 is 0 Å². The highest BCUT2D eigenvalue weighted by molar-refractivity contribution is 9.10. The van der Waals surface area contributed by atoms with Crippen molar-refractivity contribution in [3.63, 3.8) is 0 Å². The molecule has 5 rings (SSSR count). The number of carbonyl (C=O) groups is 2. The summed E-state index contributed by atoms with van der Waals surface area (Å²) in [6.45, 7) is 11.4. The van der Waals surface area contributed by atoms with Crippen LogP contribution in [0.4, 0.5) is 0 Å². The van der Waals surface area contributed by atoms with Gasteiger partial charge >= 0.3 is 0 Å². The first-order chi connectivity index (χ1) is 18.4. The van der Waals surface area contributed by atoms with Crippen LogP contribution in [-0.2, 0) is 16.2 Å². The first-order valence-electron chi connectivity index (χ1n) is 13.8. The summed E-state index contributed by atoms with van der Waals surface area (Å²) in [6, 6.07) is 13.9. The standard InChI is InChI=1S/C33H38BrNO4/c1-7-38-28-14-20(12-13-27(28)39-19-21-10-8-9-11-22(21)34)29-30-23(15-32(2,3)17-25(30)36)35(6)24-16-33(4,5)18-26(37)31(24)29/h8-14,29H,7,15-19H2,1-6H3. The molecule has 0 radical (unpaired) electrons. The number of ether oxygens (including phenoxy) is 2. The molecule has 5 nitrogen and oxygen atoms in total. The van der Waals surface area contributed by atoms with E-state index < -0.39 is 5.92 Å². The van der Waals surface area contributed by atoms with Gasteiger partial charge in [0.1, 0.15) is 6.61 Å². The third-order valence-electron chi connectivity index (χ3n) is 8.12. The summed E-state index contributed by atoms with van der Waals surface area (Å²) in [4.78, 5) is 29.7. The monoisotopic (exact) mass is 591 g/mol. The fraction of sp³-hybridized carbons (Fsp3) is 0.455. The number of nitrogens with zero attached hydrogens (tertiary/aromatic N) is 1. The second-order valence-corrected chi connectivity index (χ2v) is 13.5. The van der Waals surface area contributed by atoms with Crippen LogP contribution in [0.25, 0.3) is 0 Å². The van der Waals surface area contributed by atoms with Crippen molar-refractivity contribution in [1.29, 1.82) is 0 Å². The second-order valence-electron chi connectivity index (χ2n) is 12.6. The highest BCUT2D eigenvalue weighted by Gasteiger charge is 2.48. The van der Waals surface area contributed by atoms with Crippen molar-refractivity contribution in [2.24, 2.45) is 10.8 Å². The molecule has 1 aliphatic heterocycles. The van der Waals surface area contributed by atoms with Crippen molar-refractivity contribution < 1.29 is 19.1 Å². The maximum absolute atomic E-state index is 13.8. The number of hydrogen-bond donors (Lipinski definition) is 0. The van der Waals surface area contributed by atoms with Gasteiger partial charge in [0.15, 0.2) is 23.1 Å². The van der Waals surface area contributed by atoms with Crippen LogP contribution in [0.5, 0.6) is 11.5 Å².